The van der Waals surface area contributed by atoms with Gasteiger partial charge >= 0.3 is 11.8 Å². The Morgan fingerprint density at radius 2 is 1.82 bits per heavy atom. The van der Waals surface area contributed by atoms with Crippen molar-refractivity contribution in [2.24, 2.45) is 0 Å². The van der Waals surface area contributed by atoms with E-state index in [1.165, 1.54) is 17.0 Å². The van der Waals surface area contributed by atoms with Crippen molar-refractivity contribution in [2.75, 3.05) is 44.2 Å². The van der Waals surface area contributed by atoms with E-state index in [1.807, 2.05) is 12.1 Å². The summed E-state index contributed by atoms with van der Waals surface area (Å²) in [6.45, 7) is 5.77. The molecule has 0 aliphatic carbocycles. The molecule has 0 bridgehead atoms. The van der Waals surface area contributed by atoms with Crippen LogP contribution in [0.15, 0.2) is 47.1 Å². The molecule has 1 fully saturated rings. The number of likely N-dealkylation sites (N-methyl/N-ethyl adjacent to an activating group) is 1. The van der Waals surface area contributed by atoms with E-state index in [0.29, 0.717) is 13.1 Å². The van der Waals surface area contributed by atoms with Crippen LogP contribution < -0.4 is 20.4 Å². The van der Waals surface area contributed by atoms with Gasteiger partial charge in [0.25, 0.3) is 0 Å². The lowest BCUT2D eigenvalue weighted by molar-refractivity contribution is -0.932. The van der Waals surface area contributed by atoms with Crippen LogP contribution >= 0.6 is 0 Å². The summed E-state index contributed by atoms with van der Waals surface area (Å²) in [5, 5.41) is 5.21. The van der Waals surface area contributed by atoms with Crippen LogP contribution in [-0.2, 0) is 9.59 Å². The molecule has 1 aliphatic heterocycles. The molecule has 3 N–H and O–H groups in total. The molecule has 0 radical (unpaired) electrons. The first kappa shape index (κ1) is 19.9. The average Bonchev–Trinajstić information content (AvgIpc) is 3.24. The number of rotatable bonds is 6. The monoisotopic (exact) mass is 389 g/mol. The van der Waals surface area contributed by atoms with Crippen molar-refractivity contribution >= 4 is 17.5 Å². The van der Waals surface area contributed by atoms with E-state index in [1.54, 1.807) is 25.3 Å². The van der Waals surface area contributed by atoms with Gasteiger partial charge in [-0.3, -0.25) is 9.59 Å². The number of nitrogens with zero attached hydrogens (tertiary/aromatic N) is 1. The number of benzene rings is 1. The number of quaternary nitrogens is 1. The number of carbonyl (C=O) groups is 2. The Balaban J connectivity index is 1.61. The Morgan fingerprint density at radius 1 is 1.14 bits per heavy atom. The maximum atomic E-state index is 13.1. The van der Waals surface area contributed by atoms with E-state index < -0.39 is 11.8 Å². The molecule has 2 heterocycles. The number of hydrogen-bond donors (Lipinski definition) is 3. The highest BCUT2D eigenvalue weighted by atomic mass is 19.1. The average molecular weight is 389 g/mol. The van der Waals surface area contributed by atoms with E-state index in [-0.39, 0.29) is 11.9 Å². The summed E-state index contributed by atoms with van der Waals surface area (Å²) < 4.78 is 18.7. The third-order valence-electron chi connectivity index (χ3n) is 4.99. The summed E-state index contributed by atoms with van der Waals surface area (Å²) in [5.74, 6) is -0.727. The zero-order valence-electron chi connectivity index (χ0n) is 15.9. The van der Waals surface area contributed by atoms with Gasteiger partial charge in [-0.05, 0) is 43.3 Å². The highest BCUT2D eigenvalue weighted by Gasteiger charge is 2.31. The lowest BCUT2D eigenvalue weighted by Crippen LogP contribution is -3.15. The van der Waals surface area contributed by atoms with Crippen molar-refractivity contribution < 1.29 is 23.3 Å². The number of halogens is 1. The second-order valence-electron chi connectivity index (χ2n) is 6.76. The molecule has 2 aromatic rings. The molecule has 8 heteroatoms. The zero-order chi connectivity index (χ0) is 19.9. The Kier molecular flexibility index (Phi) is 6.65. The van der Waals surface area contributed by atoms with Gasteiger partial charge in [-0.25, -0.2) is 4.39 Å². The molecule has 1 saturated heterocycles. The molecular formula is C20H26FN4O3+. The number of nitrogens with one attached hydrogen (secondary N) is 3. The third-order valence-corrected chi connectivity index (χ3v) is 4.99. The van der Waals surface area contributed by atoms with Crippen molar-refractivity contribution in [1.82, 2.24) is 10.6 Å². The molecular weight excluding hydrogens is 363 g/mol. The second kappa shape index (κ2) is 9.36. The predicted molar refractivity (Wildman–Crippen MR) is 102 cm³/mol. The Bertz CT molecular complexity index is 771. The summed E-state index contributed by atoms with van der Waals surface area (Å²) in [5.41, 5.74) is 1.000. The Hall–Kier alpha value is -2.87. The molecule has 1 aromatic heterocycles. The van der Waals surface area contributed by atoms with Gasteiger partial charge in [-0.1, -0.05) is 0 Å². The predicted octanol–water partition coefficient (Wildman–Crippen LogP) is 0.117. The van der Waals surface area contributed by atoms with Crippen LogP contribution in [0, 0.1) is 5.82 Å². The number of amides is 2. The van der Waals surface area contributed by atoms with Crippen LogP contribution in [0.4, 0.5) is 10.1 Å². The Morgan fingerprint density at radius 3 is 2.43 bits per heavy atom. The topological polar surface area (TPSA) is 79.0 Å². The largest absolute Gasteiger partial charge is 0.463 e. The fourth-order valence-electron chi connectivity index (χ4n) is 3.50. The highest BCUT2D eigenvalue weighted by Crippen LogP contribution is 2.16. The number of furan rings is 1. The van der Waals surface area contributed by atoms with Crippen LogP contribution in [0.5, 0.6) is 0 Å². The summed E-state index contributed by atoms with van der Waals surface area (Å²) in [7, 11) is 0. The number of anilines is 1. The second-order valence-corrected chi connectivity index (χ2v) is 6.76. The molecule has 3 rings (SSSR count). The van der Waals surface area contributed by atoms with Gasteiger partial charge in [0.05, 0.1) is 39.0 Å². The molecule has 150 valence electrons. The summed E-state index contributed by atoms with van der Waals surface area (Å²) in [4.78, 5) is 27.1. The minimum absolute atomic E-state index is 0.0799. The van der Waals surface area contributed by atoms with Crippen molar-refractivity contribution in [2.45, 2.75) is 13.0 Å². The lowest BCUT2D eigenvalue weighted by Gasteiger charge is -2.37. The van der Waals surface area contributed by atoms with Crippen LogP contribution in [0.25, 0.3) is 0 Å². The SMILES string of the molecule is CCNC(=O)C(=O)NC[C@@H](c1ccco1)[NH+]1CCN(c2ccc(F)cc2)CC1. The van der Waals surface area contributed by atoms with E-state index in [9.17, 15) is 14.0 Å². The quantitative estimate of drug-likeness (QED) is 0.613. The van der Waals surface area contributed by atoms with E-state index >= 15 is 0 Å². The highest BCUT2D eigenvalue weighted by molar-refractivity contribution is 6.35. The molecule has 1 aliphatic rings. The molecule has 28 heavy (non-hydrogen) atoms. The number of hydrogen-bond acceptors (Lipinski definition) is 4. The lowest BCUT2D eigenvalue weighted by atomic mass is 10.1. The van der Waals surface area contributed by atoms with E-state index in [0.717, 1.165) is 37.6 Å². The maximum absolute atomic E-state index is 13.1. The van der Waals surface area contributed by atoms with Crippen LogP contribution in [0.1, 0.15) is 18.7 Å². The number of carbonyl (C=O) groups excluding carboxylic acids is 2. The van der Waals surface area contributed by atoms with Gasteiger partial charge in [-0.15, -0.1) is 0 Å². The first-order valence-electron chi connectivity index (χ1n) is 9.53. The third kappa shape index (κ3) is 4.89. The number of piperazine rings is 1. The molecule has 0 saturated carbocycles. The van der Waals surface area contributed by atoms with Crippen LogP contribution in [0.2, 0.25) is 0 Å². The molecule has 1 aromatic carbocycles. The van der Waals surface area contributed by atoms with Crippen molar-refractivity contribution in [3.63, 3.8) is 0 Å². The molecule has 0 spiro atoms. The Labute approximate surface area is 163 Å². The molecule has 0 unspecified atom stereocenters. The van der Waals surface area contributed by atoms with E-state index in [2.05, 4.69) is 15.5 Å². The van der Waals surface area contributed by atoms with Gasteiger partial charge in [0.2, 0.25) is 0 Å². The molecule has 1 atom stereocenters. The minimum atomic E-state index is -0.636. The minimum Gasteiger partial charge on any atom is -0.463 e. The van der Waals surface area contributed by atoms with Gasteiger partial charge < -0.3 is 24.9 Å². The van der Waals surface area contributed by atoms with Crippen molar-refractivity contribution in [3.05, 3.63) is 54.2 Å². The fourth-order valence-corrected chi connectivity index (χ4v) is 3.50. The fraction of sp³-hybridized carbons (Fsp3) is 0.400. The smallest absolute Gasteiger partial charge is 0.309 e. The normalized spacial score (nSPS) is 15.9. The van der Waals surface area contributed by atoms with Crippen LogP contribution in [0.3, 0.4) is 0 Å². The zero-order valence-corrected chi connectivity index (χ0v) is 15.9. The van der Waals surface area contributed by atoms with Crippen molar-refractivity contribution in [1.29, 1.82) is 0 Å². The standard InChI is InChI=1S/C20H25FN4O3/c1-2-22-19(26)20(27)23-14-17(18-4-3-13-28-18)25-11-9-24(10-12-25)16-7-5-15(21)6-8-16/h3-8,13,17H,2,9-12,14H2,1H3,(H,22,26)(H,23,27)/p+1/t17-/m0/s1. The van der Waals surface area contributed by atoms with Gasteiger partial charge in [0.1, 0.15) is 5.82 Å². The van der Waals surface area contributed by atoms with Crippen LogP contribution in [-0.4, -0.2) is 51.1 Å². The summed E-state index contributed by atoms with van der Waals surface area (Å²) in [6, 6.07) is 10.1. The first-order valence-corrected chi connectivity index (χ1v) is 9.53. The first-order chi connectivity index (χ1) is 13.6. The van der Waals surface area contributed by atoms with Gasteiger partial charge in [0, 0.05) is 12.2 Å². The van der Waals surface area contributed by atoms with E-state index in [4.69, 9.17) is 4.42 Å². The maximum Gasteiger partial charge on any atom is 0.309 e. The van der Waals surface area contributed by atoms with Gasteiger partial charge in [0.15, 0.2) is 11.8 Å². The summed E-state index contributed by atoms with van der Waals surface area (Å²) >= 11 is 0. The molecule has 7 nitrogen and oxygen atoms in total. The summed E-state index contributed by atoms with van der Waals surface area (Å²) in [6.07, 6.45) is 1.61. The molecule has 2 amide bonds. The van der Waals surface area contributed by atoms with Crippen molar-refractivity contribution in [3.8, 4) is 0 Å². The van der Waals surface area contributed by atoms with Gasteiger partial charge in [-0.2, -0.15) is 0 Å².